The van der Waals surface area contributed by atoms with Crippen LogP contribution < -0.4 is 0 Å². The number of ether oxygens (including phenoxy) is 1. The second-order valence-corrected chi connectivity index (χ2v) is 6.72. The molecule has 4 heteroatoms. The summed E-state index contributed by atoms with van der Waals surface area (Å²) >= 11 is 0. The van der Waals surface area contributed by atoms with Gasteiger partial charge in [-0.25, -0.2) is 0 Å². The molecule has 0 radical (unpaired) electrons. The number of fused-ring (bicyclic) bond motifs is 1. The van der Waals surface area contributed by atoms with Crippen molar-refractivity contribution in [1.29, 1.82) is 0 Å². The molecule has 108 valence electrons. The van der Waals surface area contributed by atoms with Gasteiger partial charge in [-0.1, -0.05) is 19.3 Å². The monoisotopic (exact) mass is 267 g/mol. The summed E-state index contributed by atoms with van der Waals surface area (Å²) in [5, 5.41) is 9.52. The quantitative estimate of drug-likeness (QED) is 0.849. The van der Waals surface area contributed by atoms with E-state index >= 15 is 0 Å². The van der Waals surface area contributed by atoms with Crippen molar-refractivity contribution in [2.75, 3.05) is 32.8 Å². The molecule has 0 aromatic carbocycles. The summed E-state index contributed by atoms with van der Waals surface area (Å²) in [5.74, 6) is 1.05. The van der Waals surface area contributed by atoms with Gasteiger partial charge < -0.3 is 14.7 Å². The van der Waals surface area contributed by atoms with Crippen LogP contribution in [0.1, 0.15) is 38.5 Å². The molecule has 2 heterocycles. The minimum Gasteiger partial charge on any atom is -0.481 e. The molecule has 1 saturated carbocycles. The topological polar surface area (TPSA) is 49.8 Å². The molecule has 0 bridgehead atoms. The van der Waals surface area contributed by atoms with Crippen LogP contribution in [0, 0.1) is 17.3 Å². The number of hydrogen-bond acceptors (Lipinski definition) is 3. The zero-order valence-electron chi connectivity index (χ0n) is 11.6. The molecule has 19 heavy (non-hydrogen) atoms. The number of carboxylic acid groups (broad SMARTS) is 1. The van der Waals surface area contributed by atoms with E-state index in [1.165, 1.54) is 32.1 Å². The lowest BCUT2D eigenvalue weighted by Gasteiger charge is -2.43. The van der Waals surface area contributed by atoms with Gasteiger partial charge in [0.2, 0.25) is 0 Å². The Morgan fingerprint density at radius 2 is 2.05 bits per heavy atom. The van der Waals surface area contributed by atoms with E-state index in [0.717, 1.165) is 24.9 Å². The zero-order valence-corrected chi connectivity index (χ0v) is 11.6. The second kappa shape index (κ2) is 5.41. The van der Waals surface area contributed by atoms with E-state index < -0.39 is 11.4 Å². The molecule has 4 nitrogen and oxygen atoms in total. The maximum atomic E-state index is 11.6. The van der Waals surface area contributed by atoms with Gasteiger partial charge in [0.15, 0.2) is 0 Å². The minimum atomic E-state index is -0.671. The van der Waals surface area contributed by atoms with Gasteiger partial charge in [-0.3, -0.25) is 4.79 Å². The molecule has 3 aliphatic rings. The van der Waals surface area contributed by atoms with Crippen molar-refractivity contribution in [2.24, 2.45) is 17.3 Å². The Morgan fingerprint density at radius 3 is 2.74 bits per heavy atom. The lowest BCUT2D eigenvalue weighted by molar-refractivity contribution is -0.150. The van der Waals surface area contributed by atoms with Crippen LogP contribution in [0.3, 0.4) is 0 Å². The molecular formula is C15H25NO3. The molecular weight excluding hydrogens is 242 g/mol. The minimum absolute atomic E-state index is 0.396. The number of likely N-dealkylation sites (tertiary alicyclic amines) is 1. The summed E-state index contributed by atoms with van der Waals surface area (Å²) in [5.41, 5.74) is -0.637. The van der Waals surface area contributed by atoms with Gasteiger partial charge >= 0.3 is 5.97 Å². The van der Waals surface area contributed by atoms with Crippen LogP contribution in [-0.2, 0) is 9.53 Å². The van der Waals surface area contributed by atoms with Gasteiger partial charge in [-0.05, 0) is 37.6 Å². The van der Waals surface area contributed by atoms with Gasteiger partial charge in [0.25, 0.3) is 0 Å². The van der Waals surface area contributed by atoms with Crippen molar-refractivity contribution < 1.29 is 14.6 Å². The molecule has 0 aromatic rings. The molecule has 0 spiro atoms. The van der Waals surface area contributed by atoms with E-state index in [9.17, 15) is 9.90 Å². The summed E-state index contributed by atoms with van der Waals surface area (Å²) in [7, 11) is 0. The maximum absolute atomic E-state index is 11.6. The predicted molar refractivity (Wildman–Crippen MR) is 72.0 cm³/mol. The number of carboxylic acids is 1. The Hall–Kier alpha value is -0.610. The molecule has 3 unspecified atom stereocenters. The van der Waals surface area contributed by atoms with E-state index in [2.05, 4.69) is 4.90 Å². The van der Waals surface area contributed by atoms with Crippen molar-refractivity contribution in [3.05, 3.63) is 0 Å². The van der Waals surface area contributed by atoms with Crippen molar-refractivity contribution in [1.82, 2.24) is 4.90 Å². The first-order valence-electron chi connectivity index (χ1n) is 7.73. The normalized spacial score (nSPS) is 40.0. The highest BCUT2D eigenvalue weighted by Gasteiger charge is 2.45. The Bertz CT molecular complexity index is 338. The van der Waals surface area contributed by atoms with Gasteiger partial charge in [0, 0.05) is 19.7 Å². The van der Waals surface area contributed by atoms with E-state index in [0.29, 0.717) is 26.2 Å². The SMILES string of the molecule is O=C(O)C1(CN2CCC3CCCCC3C2)CCOC1. The van der Waals surface area contributed by atoms with Crippen LogP contribution in [-0.4, -0.2) is 48.8 Å². The van der Waals surface area contributed by atoms with Crippen molar-refractivity contribution in [3.8, 4) is 0 Å². The fourth-order valence-corrected chi connectivity index (χ4v) is 4.22. The van der Waals surface area contributed by atoms with Crippen molar-refractivity contribution in [2.45, 2.75) is 38.5 Å². The number of hydrogen-bond donors (Lipinski definition) is 1. The van der Waals surface area contributed by atoms with Crippen LogP contribution in [0.5, 0.6) is 0 Å². The first-order valence-corrected chi connectivity index (χ1v) is 7.73. The van der Waals surface area contributed by atoms with Crippen LogP contribution in [0.25, 0.3) is 0 Å². The Balaban J connectivity index is 1.62. The first kappa shape index (κ1) is 13.4. The average Bonchev–Trinajstić information content (AvgIpc) is 2.88. The third-order valence-electron chi connectivity index (χ3n) is 5.46. The second-order valence-electron chi connectivity index (χ2n) is 6.72. The molecule has 1 N–H and O–H groups in total. The number of carbonyl (C=O) groups is 1. The predicted octanol–water partition coefficient (Wildman–Crippen LogP) is 1.99. The number of aliphatic carboxylic acids is 1. The van der Waals surface area contributed by atoms with E-state index in [1.807, 2.05) is 0 Å². The third-order valence-corrected chi connectivity index (χ3v) is 5.46. The van der Waals surface area contributed by atoms with Crippen LogP contribution in [0.2, 0.25) is 0 Å². The largest absolute Gasteiger partial charge is 0.481 e. The van der Waals surface area contributed by atoms with E-state index in [1.54, 1.807) is 0 Å². The summed E-state index contributed by atoms with van der Waals surface area (Å²) in [6.07, 6.45) is 7.44. The summed E-state index contributed by atoms with van der Waals surface area (Å²) < 4.78 is 5.36. The lowest BCUT2D eigenvalue weighted by Crippen LogP contribution is -2.49. The van der Waals surface area contributed by atoms with E-state index in [-0.39, 0.29) is 0 Å². The Kier molecular flexibility index (Phi) is 3.81. The summed E-state index contributed by atoms with van der Waals surface area (Å²) in [6, 6.07) is 0. The van der Waals surface area contributed by atoms with Crippen molar-refractivity contribution in [3.63, 3.8) is 0 Å². The third kappa shape index (κ3) is 2.65. The maximum Gasteiger partial charge on any atom is 0.313 e. The van der Waals surface area contributed by atoms with Gasteiger partial charge in [-0.2, -0.15) is 0 Å². The molecule has 0 amide bonds. The summed E-state index contributed by atoms with van der Waals surface area (Å²) in [4.78, 5) is 14.0. The van der Waals surface area contributed by atoms with Gasteiger partial charge in [0.05, 0.1) is 6.61 Å². The van der Waals surface area contributed by atoms with E-state index in [4.69, 9.17) is 4.74 Å². The van der Waals surface area contributed by atoms with Crippen LogP contribution >= 0.6 is 0 Å². The smallest absolute Gasteiger partial charge is 0.313 e. The number of rotatable bonds is 3. The fraction of sp³-hybridized carbons (Fsp3) is 0.933. The zero-order chi connectivity index (χ0) is 13.3. The fourth-order valence-electron chi connectivity index (χ4n) is 4.22. The summed E-state index contributed by atoms with van der Waals surface area (Å²) in [6.45, 7) is 3.88. The molecule has 3 atom stereocenters. The Labute approximate surface area is 115 Å². The number of nitrogens with zero attached hydrogens (tertiary/aromatic N) is 1. The highest BCUT2D eigenvalue weighted by Crippen LogP contribution is 2.38. The van der Waals surface area contributed by atoms with Crippen molar-refractivity contribution >= 4 is 5.97 Å². The molecule has 2 saturated heterocycles. The van der Waals surface area contributed by atoms with Crippen LogP contribution in [0.15, 0.2) is 0 Å². The molecule has 0 aromatic heterocycles. The van der Waals surface area contributed by atoms with Gasteiger partial charge in [0.1, 0.15) is 5.41 Å². The highest BCUT2D eigenvalue weighted by molar-refractivity contribution is 5.75. The average molecular weight is 267 g/mol. The molecule has 3 rings (SSSR count). The first-order chi connectivity index (χ1) is 9.20. The Morgan fingerprint density at radius 1 is 1.26 bits per heavy atom. The lowest BCUT2D eigenvalue weighted by atomic mass is 9.74. The van der Waals surface area contributed by atoms with Crippen LogP contribution in [0.4, 0.5) is 0 Å². The molecule has 3 fully saturated rings. The molecule has 2 aliphatic heterocycles. The standard InChI is InChI=1S/C15H25NO3/c17-14(18)15(6-8-19-11-15)10-16-7-5-12-3-1-2-4-13(12)9-16/h12-13H,1-11H2,(H,17,18). The molecule has 1 aliphatic carbocycles. The number of piperidine rings is 1. The highest BCUT2D eigenvalue weighted by atomic mass is 16.5. The van der Waals surface area contributed by atoms with Gasteiger partial charge in [-0.15, -0.1) is 0 Å².